The van der Waals surface area contributed by atoms with Crippen molar-refractivity contribution < 1.29 is 22.3 Å². The molecule has 0 aliphatic carbocycles. The first kappa shape index (κ1) is 14.3. The van der Waals surface area contributed by atoms with Crippen LogP contribution in [0.15, 0.2) is 42.7 Å². The van der Waals surface area contributed by atoms with Gasteiger partial charge in [0.25, 0.3) is 0 Å². The van der Waals surface area contributed by atoms with Crippen LogP contribution in [0, 0.1) is 5.82 Å². The summed E-state index contributed by atoms with van der Waals surface area (Å²) in [6.07, 6.45) is -2.41. The van der Waals surface area contributed by atoms with Gasteiger partial charge in [-0.2, -0.15) is 0 Å². The number of hydrogen-bond acceptors (Lipinski definition) is 3. The van der Waals surface area contributed by atoms with E-state index >= 15 is 0 Å². The van der Waals surface area contributed by atoms with E-state index in [0.29, 0.717) is 11.1 Å². The zero-order chi connectivity index (χ0) is 14.8. The molecule has 2 aromatic rings. The van der Waals surface area contributed by atoms with Gasteiger partial charge in [0, 0.05) is 6.20 Å². The smallest absolute Gasteiger partial charge is 0.406 e. The average Bonchev–Trinajstić information content (AvgIpc) is 2.36. The highest BCUT2D eigenvalue weighted by Gasteiger charge is 2.31. The van der Waals surface area contributed by atoms with Crippen LogP contribution in [0.25, 0.3) is 0 Å². The molecule has 0 amide bonds. The van der Waals surface area contributed by atoms with Gasteiger partial charge < -0.3 is 10.5 Å². The van der Waals surface area contributed by atoms with Crippen LogP contribution in [0.3, 0.4) is 0 Å². The molecule has 2 rings (SSSR count). The Morgan fingerprint density at radius 1 is 1.10 bits per heavy atom. The van der Waals surface area contributed by atoms with Crippen molar-refractivity contribution in [3.8, 4) is 5.75 Å². The summed E-state index contributed by atoms with van der Waals surface area (Å²) < 4.78 is 53.3. The fraction of sp³-hybridized carbons (Fsp3) is 0.154. The second-order valence-corrected chi connectivity index (χ2v) is 4.03. The van der Waals surface area contributed by atoms with E-state index in [1.54, 1.807) is 0 Å². The molecule has 0 radical (unpaired) electrons. The van der Waals surface area contributed by atoms with Crippen LogP contribution in [0.5, 0.6) is 5.75 Å². The molecular weight excluding hydrogens is 276 g/mol. The highest BCUT2D eigenvalue weighted by molar-refractivity contribution is 5.35. The van der Waals surface area contributed by atoms with E-state index in [1.165, 1.54) is 24.4 Å². The quantitative estimate of drug-likeness (QED) is 0.882. The summed E-state index contributed by atoms with van der Waals surface area (Å²) in [5.41, 5.74) is 6.59. The largest absolute Gasteiger partial charge is 0.573 e. The third-order valence-corrected chi connectivity index (χ3v) is 2.54. The Labute approximate surface area is 112 Å². The molecule has 1 heterocycles. The minimum atomic E-state index is -4.77. The second kappa shape index (κ2) is 5.46. The van der Waals surface area contributed by atoms with E-state index in [-0.39, 0.29) is 5.75 Å². The van der Waals surface area contributed by atoms with Crippen molar-refractivity contribution >= 4 is 0 Å². The fourth-order valence-electron chi connectivity index (χ4n) is 1.70. The Bertz CT molecular complexity index is 601. The minimum absolute atomic E-state index is 0.356. The van der Waals surface area contributed by atoms with E-state index < -0.39 is 18.2 Å². The van der Waals surface area contributed by atoms with Crippen LogP contribution >= 0.6 is 0 Å². The van der Waals surface area contributed by atoms with Gasteiger partial charge in [0.1, 0.15) is 11.6 Å². The summed E-state index contributed by atoms with van der Waals surface area (Å²) in [6.45, 7) is 0. The predicted octanol–water partition coefficient (Wildman–Crippen LogP) is 3.17. The van der Waals surface area contributed by atoms with Gasteiger partial charge in [-0.25, -0.2) is 4.39 Å². The molecule has 1 unspecified atom stereocenters. The number of ether oxygens (including phenoxy) is 1. The third-order valence-electron chi connectivity index (χ3n) is 2.54. The maximum absolute atomic E-state index is 13.1. The molecule has 1 aromatic heterocycles. The average molecular weight is 286 g/mol. The van der Waals surface area contributed by atoms with Crippen LogP contribution in [-0.4, -0.2) is 11.3 Å². The lowest BCUT2D eigenvalue weighted by Crippen LogP contribution is -2.18. The second-order valence-electron chi connectivity index (χ2n) is 4.03. The topological polar surface area (TPSA) is 48.1 Å². The van der Waals surface area contributed by atoms with Gasteiger partial charge in [0.2, 0.25) is 0 Å². The van der Waals surface area contributed by atoms with Crippen molar-refractivity contribution in [2.75, 3.05) is 0 Å². The number of pyridine rings is 1. The molecule has 0 aliphatic rings. The fourth-order valence-corrected chi connectivity index (χ4v) is 1.70. The van der Waals surface area contributed by atoms with Crippen LogP contribution in [0.1, 0.15) is 17.2 Å². The van der Waals surface area contributed by atoms with Crippen molar-refractivity contribution in [2.45, 2.75) is 12.4 Å². The van der Waals surface area contributed by atoms with Gasteiger partial charge in [-0.15, -0.1) is 13.2 Å². The van der Waals surface area contributed by atoms with Crippen LogP contribution < -0.4 is 10.5 Å². The number of alkyl halides is 3. The molecule has 2 N–H and O–H groups in total. The van der Waals surface area contributed by atoms with Crippen LogP contribution in [0.4, 0.5) is 17.6 Å². The number of nitrogens with zero attached hydrogens (tertiary/aromatic N) is 1. The number of halogens is 4. The summed E-state index contributed by atoms with van der Waals surface area (Å²) in [6, 6.07) is 5.60. The van der Waals surface area contributed by atoms with Gasteiger partial charge in [0.05, 0.1) is 12.2 Å². The van der Waals surface area contributed by atoms with E-state index in [9.17, 15) is 17.6 Å². The Morgan fingerprint density at radius 2 is 1.85 bits per heavy atom. The number of rotatable bonds is 3. The molecule has 1 aromatic carbocycles. The molecule has 0 saturated carbocycles. The molecule has 0 spiro atoms. The molecule has 0 bridgehead atoms. The highest BCUT2D eigenvalue weighted by atomic mass is 19.4. The number of nitrogens with two attached hydrogens (primary N) is 1. The van der Waals surface area contributed by atoms with Crippen LogP contribution in [0.2, 0.25) is 0 Å². The summed E-state index contributed by atoms with van der Waals surface area (Å²) in [7, 11) is 0. The maximum atomic E-state index is 13.1. The van der Waals surface area contributed by atoms with Gasteiger partial charge >= 0.3 is 6.36 Å². The lowest BCUT2D eigenvalue weighted by molar-refractivity contribution is -0.274. The van der Waals surface area contributed by atoms with Crippen molar-refractivity contribution in [2.24, 2.45) is 5.73 Å². The summed E-state index contributed by atoms with van der Waals surface area (Å²) in [4.78, 5) is 3.65. The van der Waals surface area contributed by atoms with E-state index in [1.807, 2.05) is 0 Å². The van der Waals surface area contributed by atoms with Crippen LogP contribution in [-0.2, 0) is 0 Å². The Balaban J connectivity index is 2.26. The van der Waals surface area contributed by atoms with E-state index in [2.05, 4.69) is 9.72 Å². The lowest BCUT2D eigenvalue weighted by atomic mass is 10.0. The Kier molecular flexibility index (Phi) is 3.89. The maximum Gasteiger partial charge on any atom is 0.573 e. The van der Waals surface area contributed by atoms with E-state index in [4.69, 9.17) is 5.73 Å². The zero-order valence-corrected chi connectivity index (χ0v) is 10.1. The zero-order valence-electron chi connectivity index (χ0n) is 10.1. The van der Waals surface area contributed by atoms with Crippen molar-refractivity contribution in [1.82, 2.24) is 4.98 Å². The first-order valence-electron chi connectivity index (χ1n) is 5.57. The van der Waals surface area contributed by atoms with Crippen molar-refractivity contribution in [3.05, 3.63) is 59.7 Å². The number of benzene rings is 1. The summed E-state index contributed by atoms with van der Waals surface area (Å²) >= 11 is 0. The molecule has 106 valence electrons. The molecule has 1 atom stereocenters. The lowest BCUT2D eigenvalue weighted by Gasteiger charge is -2.14. The van der Waals surface area contributed by atoms with E-state index in [0.717, 1.165) is 18.3 Å². The molecule has 7 heteroatoms. The molecule has 0 aliphatic heterocycles. The normalized spacial score (nSPS) is 13.1. The molecule has 0 fully saturated rings. The third kappa shape index (κ3) is 3.67. The summed E-state index contributed by atoms with van der Waals surface area (Å²) in [5.74, 6) is -0.949. The number of aromatic nitrogens is 1. The van der Waals surface area contributed by atoms with Crippen molar-refractivity contribution in [3.63, 3.8) is 0 Å². The SMILES string of the molecule is NC(c1cncc(F)c1)c1cccc(OC(F)(F)F)c1. The Morgan fingerprint density at radius 3 is 2.50 bits per heavy atom. The van der Waals surface area contributed by atoms with Gasteiger partial charge in [-0.05, 0) is 29.3 Å². The van der Waals surface area contributed by atoms with Gasteiger partial charge in [-0.1, -0.05) is 12.1 Å². The minimum Gasteiger partial charge on any atom is -0.406 e. The standard InChI is InChI=1S/C13H10F4N2O/c14-10-4-9(6-19-7-10)12(18)8-2-1-3-11(5-8)20-13(15,16)17/h1-7,12H,18H2. The molecule has 20 heavy (non-hydrogen) atoms. The van der Waals surface area contributed by atoms with Gasteiger partial charge in [-0.3, -0.25) is 4.98 Å². The van der Waals surface area contributed by atoms with Gasteiger partial charge in [0.15, 0.2) is 0 Å². The molecular formula is C13H10F4N2O. The predicted molar refractivity (Wildman–Crippen MR) is 63.4 cm³/mol. The first-order valence-corrected chi connectivity index (χ1v) is 5.57. The first-order chi connectivity index (χ1) is 9.35. The molecule has 0 saturated heterocycles. The molecule has 3 nitrogen and oxygen atoms in total. The Hall–Kier alpha value is -2.15. The van der Waals surface area contributed by atoms with Crippen molar-refractivity contribution in [1.29, 1.82) is 0 Å². The number of hydrogen-bond donors (Lipinski definition) is 1. The summed E-state index contributed by atoms with van der Waals surface area (Å²) in [5, 5.41) is 0. The highest BCUT2D eigenvalue weighted by Crippen LogP contribution is 2.27. The monoisotopic (exact) mass is 286 g/mol.